The molecule has 0 atom stereocenters. The van der Waals surface area contributed by atoms with E-state index in [-0.39, 0.29) is 30.2 Å². The Balaban J connectivity index is 1.76. The Morgan fingerprint density at radius 3 is 2.73 bits per heavy atom. The van der Waals surface area contributed by atoms with Crippen LogP contribution in [0.5, 0.6) is 0 Å². The van der Waals surface area contributed by atoms with Crippen molar-refractivity contribution in [3.8, 4) is 0 Å². The number of carbonyl (C=O) groups is 2. The molecule has 1 N–H and O–H groups in total. The number of halogens is 1. The van der Waals surface area contributed by atoms with E-state index in [0.29, 0.717) is 38.2 Å². The van der Waals surface area contributed by atoms with E-state index < -0.39 is 0 Å². The minimum atomic E-state index is -0.381. The molecule has 1 aliphatic heterocycles. The predicted octanol–water partition coefficient (Wildman–Crippen LogP) is 2.04. The first-order valence-corrected chi connectivity index (χ1v) is 7.53. The molecule has 0 radical (unpaired) electrons. The summed E-state index contributed by atoms with van der Waals surface area (Å²) in [5.74, 6) is -0.776. The fraction of sp³-hybridized carbons (Fsp3) is 0.500. The van der Waals surface area contributed by atoms with E-state index >= 15 is 0 Å². The van der Waals surface area contributed by atoms with Gasteiger partial charge >= 0.3 is 5.97 Å². The second-order valence-corrected chi connectivity index (χ2v) is 5.36. The maximum atomic E-state index is 13.1. The molecule has 0 unspecified atom stereocenters. The summed E-state index contributed by atoms with van der Waals surface area (Å²) in [7, 11) is 0. The lowest BCUT2D eigenvalue weighted by molar-refractivity contribution is -0.149. The van der Waals surface area contributed by atoms with Crippen LogP contribution in [0.4, 0.5) is 10.1 Å². The average Bonchev–Trinajstić information content (AvgIpc) is 2.48. The molecule has 1 aromatic rings. The van der Waals surface area contributed by atoms with E-state index in [2.05, 4.69) is 5.32 Å². The Labute approximate surface area is 129 Å². The van der Waals surface area contributed by atoms with Gasteiger partial charge in [-0.25, -0.2) is 4.39 Å². The molecule has 0 saturated carbocycles. The van der Waals surface area contributed by atoms with Gasteiger partial charge in [-0.1, -0.05) is 6.07 Å². The monoisotopic (exact) mass is 308 g/mol. The summed E-state index contributed by atoms with van der Waals surface area (Å²) in [6, 6.07) is 5.81. The van der Waals surface area contributed by atoms with Gasteiger partial charge < -0.3 is 10.1 Å². The first-order valence-electron chi connectivity index (χ1n) is 7.53. The van der Waals surface area contributed by atoms with Crippen molar-refractivity contribution in [2.75, 3.05) is 31.6 Å². The smallest absolute Gasteiger partial charge is 0.309 e. The lowest BCUT2D eigenvalue weighted by Crippen LogP contribution is -2.41. The summed E-state index contributed by atoms with van der Waals surface area (Å²) in [6.45, 7) is 3.80. The third-order valence-corrected chi connectivity index (χ3v) is 3.68. The fourth-order valence-corrected chi connectivity index (χ4v) is 2.56. The Morgan fingerprint density at radius 1 is 1.36 bits per heavy atom. The topological polar surface area (TPSA) is 58.6 Å². The molecule has 0 aliphatic carbocycles. The van der Waals surface area contributed by atoms with Gasteiger partial charge in [0.25, 0.3) is 0 Å². The van der Waals surface area contributed by atoms with Crippen molar-refractivity contribution >= 4 is 17.6 Å². The van der Waals surface area contributed by atoms with Gasteiger partial charge in [-0.2, -0.15) is 0 Å². The van der Waals surface area contributed by atoms with Crippen molar-refractivity contribution in [2.24, 2.45) is 5.92 Å². The second kappa shape index (κ2) is 7.89. The molecular formula is C16H21FN2O3. The van der Waals surface area contributed by atoms with Crippen molar-refractivity contribution in [2.45, 2.75) is 19.8 Å². The first-order chi connectivity index (χ1) is 10.6. The highest BCUT2D eigenvalue weighted by atomic mass is 19.1. The van der Waals surface area contributed by atoms with Crippen LogP contribution in [-0.4, -0.2) is 43.0 Å². The number of hydrogen-bond donors (Lipinski definition) is 1. The van der Waals surface area contributed by atoms with Crippen LogP contribution >= 0.6 is 0 Å². The van der Waals surface area contributed by atoms with Crippen LogP contribution in [0.3, 0.4) is 0 Å². The zero-order valence-corrected chi connectivity index (χ0v) is 12.7. The van der Waals surface area contributed by atoms with Gasteiger partial charge in [0.15, 0.2) is 0 Å². The van der Waals surface area contributed by atoms with Crippen LogP contribution in [-0.2, 0) is 14.3 Å². The third kappa shape index (κ3) is 4.80. The molecule has 120 valence electrons. The highest BCUT2D eigenvalue weighted by Crippen LogP contribution is 2.18. The van der Waals surface area contributed by atoms with Crippen molar-refractivity contribution in [3.63, 3.8) is 0 Å². The number of anilines is 1. The lowest BCUT2D eigenvalue weighted by Gasteiger charge is -2.30. The number of benzene rings is 1. The summed E-state index contributed by atoms with van der Waals surface area (Å²) in [4.78, 5) is 25.6. The lowest BCUT2D eigenvalue weighted by atomic mass is 9.97. The Kier molecular flexibility index (Phi) is 5.89. The number of hydrogen-bond acceptors (Lipinski definition) is 4. The maximum Gasteiger partial charge on any atom is 0.309 e. The molecule has 1 amide bonds. The quantitative estimate of drug-likeness (QED) is 0.846. The number of amides is 1. The van der Waals surface area contributed by atoms with Gasteiger partial charge in [-0.15, -0.1) is 0 Å². The number of nitrogens with one attached hydrogen (secondary N) is 1. The molecule has 2 rings (SSSR count). The van der Waals surface area contributed by atoms with Crippen molar-refractivity contribution in [1.29, 1.82) is 0 Å². The van der Waals surface area contributed by atoms with Crippen molar-refractivity contribution in [1.82, 2.24) is 4.90 Å². The van der Waals surface area contributed by atoms with Crippen LogP contribution < -0.4 is 5.32 Å². The summed E-state index contributed by atoms with van der Waals surface area (Å²) >= 11 is 0. The van der Waals surface area contributed by atoms with E-state index in [9.17, 15) is 14.0 Å². The normalized spacial score (nSPS) is 16.3. The van der Waals surface area contributed by atoms with Gasteiger partial charge in [-0.05, 0) is 51.1 Å². The van der Waals surface area contributed by atoms with Crippen molar-refractivity contribution < 1.29 is 18.7 Å². The molecular weight excluding hydrogens is 287 g/mol. The molecule has 1 saturated heterocycles. The molecule has 1 aliphatic rings. The molecule has 5 nitrogen and oxygen atoms in total. The van der Waals surface area contributed by atoms with Crippen molar-refractivity contribution in [3.05, 3.63) is 30.1 Å². The Morgan fingerprint density at radius 2 is 2.09 bits per heavy atom. The van der Waals surface area contributed by atoms with Gasteiger partial charge in [0, 0.05) is 5.69 Å². The van der Waals surface area contributed by atoms with Gasteiger partial charge in [0.2, 0.25) is 5.91 Å². The Hall–Kier alpha value is -1.95. The van der Waals surface area contributed by atoms with Crippen LogP contribution in [0.25, 0.3) is 0 Å². The minimum Gasteiger partial charge on any atom is -0.466 e. The summed E-state index contributed by atoms with van der Waals surface area (Å²) < 4.78 is 18.1. The molecule has 1 heterocycles. The second-order valence-electron chi connectivity index (χ2n) is 5.36. The van der Waals surface area contributed by atoms with Crippen LogP contribution in [0, 0.1) is 11.7 Å². The largest absolute Gasteiger partial charge is 0.466 e. The SMILES string of the molecule is CCOC(=O)C1CCN(CC(=O)Nc2cccc(F)c2)CC1. The third-order valence-electron chi connectivity index (χ3n) is 3.68. The maximum absolute atomic E-state index is 13.1. The zero-order valence-electron chi connectivity index (χ0n) is 12.7. The van der Waals surface area contributed by atoms with E-state index in [0.717, 1.165) is 0 Å². The standard InChI is InChI=1S/C16H21FN2O3/c1-2-22-16(21)12-6-8-19(9-7-12)11-15(20)18-14-5-3-4-13(17)10-14/h3-5,10,12H,2,6-9,11H2,1H3,(H,18,20). The van der Waals surface area contributed by atoms with Gasteiger partial charge in [0.1, 0.15) is 5.82 Å². The highest BCUT2D eigenvalue weighted by molar-refractivity contribution is 5.92. The fourth-order valence-electron chi connectivity index (χ4n) is 2.56. The van der Waals surface area contributed by atoms with Crippen LogP contribution in [0.2, 0.25) is 0 Å². The number of piperidine rings is 1. The number of likely N-dealkylation sites (tertiary alicyclic amines) is 1. The molecule has 1 fully saturated rings. The summed E-state index contributed by atoms with van der Waals surface area (Å²) in [6.07, 6.45) is 1.40. The van der Waals surface area contributed by atoms with Gasteiger partial charge in [0.05, 0.1) is 19.1 Å². The summed E-state index contributed by atoms with van der Waals surface area (Å²) in [5, 5.41) is 2.67. The molecule has 6 heteroatoms. The van der Waals surface area contributed by atoms with Crippen LogP contribution in [0.1, 0.15) is 19.8 Å². The van der Waals surface area contributed by atoms with E-state index in [1.807, 2.05) is 4.90 Å². The predicted molar refractivity (Wildman–Crippen MR) is 80.8 cm³/mol. The van der Waals surface area contributed by atoms with Crippen LogP contribution in [0.15, 0.2) is 24.3 Å². The molecule has 0 spiro atoms. The molecule has 0 bridgehead atoms. The average molecular weight is 308 g/mol. The first kappa shape index (κ1) is 16.4. The van der Waals surface area contributed by atoms with E-state index in [4.69, 9.17) is 4.74 Å². The number of rotatable bonds is 5. The Bertz CT molecular complexity index is 528. The van der Waals surface area contributed by atoms with Gasteiger partial charge in [-0.3, -0.25) is 14.5 Å². The number of esters is 1. The van der Waals surface area contributed by atoms with E-state index in [1.54, 1.807) is 19.1 Å². The van der Waals surface area contributed by atoms with E-state index in [1.165, 1.54) is 12.1 Å². The molecule has 1 aromatic carbocycles. The number of nitrogens with zero attached hydrogens (tertiary/aromatic N) is 1. The number of ether oxygens (including phenoxy) is 1. The minimum absolute atomic E-state index is 0.0671. The summed E-state index contributed by atoms with van der Waals surface area (Å²) in [5.41, 5.74) is 0.450. The molecule has 0 aromatic heterocycles. The zero-order chi connectivity index (χ0) is 15.9. The number of carbonyl (C=O) groups excluding carboxylic acids is 2. The molecule has 22 heavy (non-hydrogen) atoms. The highest BCUT2D eigenvalue weighted by Gasteiger charge is 2.26.